The fourth-order valence-corrected chi connectivity index (χ4v) is 1.74. The van der Waals surface area contributed by atoms with Crippen LogP contribution < -0.4 is 0 Å². The summed E-state index contributed by atoms with van der Waals surface area (Å²) in [6, 6.07) is 0. The molecule has 54 valence electrons. The Bertz CT molecular complexity index is 101. The SMILES string of the molecule is CC1(C)CO[C@@H](CI)C1. The summed E-state index contributed by atoms with van der Waals surface area (Å²) in [5, 5.41) is 0. The third-order valence-electron chi connectivity index (χ3n) is 1.66. The van der Waals surface area contributed by atoms with Crippen molar-refractivity contribution in [3.63, 3.8) is 0 Å². The summed E-state index contributed by atoms with van der Waals surface area (Å²) in [7, 11) is 0. The molecule has 1 rings (SSSR count). The lowest BCUT2D eigenvalue weighted by Crippen LogP contribution is -2.10. The second-order valence-corrected chi connectivity index (χ2v) is 4.34. The zero-order valence-electron chi connectivity index (χ0n) is 5.98. The van der Waals surface area contributed by atoms with Crippen LogP contribution >= 0.6 is 22.6 Å². The fraction of sp³-hybridized carbons (Fsp3) is 1.00. The molecule has 1 atom stereocenters. The average molecular weight is 240 g/mol. The number of hydrogen-bond acceptors (Lipinski definition) is 1. The molecule has 1 fully saturated rings. The van der Waals surface area contributed by atoms with E-state index in [4.69, 9.17) is 4.74 Å². The van der Waals surface area contributed by atoms with Crippen molar-refractivity contribution in [3.05, 3.63) is 0 Å². The summed E-state index contributed by atoms with van der Waals surface area (Å²) in [4.78, 5) is 0. The monoisotopic (exact) mass is 240 g/mol. The maximum absolute atomic E-state index is 5.51. The van der Waals surface area contributed by atoms with E-state index in [0.717, 1.165) is 11.0 Å². The van der Waals surface area contributed by atoms with E-state index >= 15 is 0 Å². The Kier molecular flexibility index (Phi) is 2.37. The highest BCUT2D eigenvalue weighted by molar-refractivity contribution is 14.1. The molecule has 0 aromatic heterocycles. The Labute approximate surface area is 70.3 Å². The molecule has 1 saturated heterocycles. The summed E-state index contributed by atoms with van der Waals surface area (Å²) < 4.78 is 6.65. The highest BCUT2D eigenvalue weighted by atomic mass is 127. The first-order valence-corrected chi connectivity index (χ1v) is 4.84. The lowest BCUT2D eigenvalue weighted by Gasteiger charge is -2.12. The lowest BCUT2D eigenvalue weighted by atomic mass is 9.91. The van der Waals surface area contributed by atoms with Crippen molar-refractivity contribution in [1.82, 2.24) is 0 Å². The molecule has 1 aliphatic heterocycles. The quantitative estimate of drug-likeness (QED) is 0.504. The molecule has 1 aliphatic rings. The largest absolute Gasteiger partial charge is 0.377 e. The predicted molar refractivity (Wildman–Crippen MR) is 47.0 cm³/mol. The van der Waals surface area contributed by atoms with Gasteiger partial charge in [-0.2, -0.15) is 0 Å². The molecule has 0 aliphatic carbocycles. The van der Waals surface area contributed by atoms with Gasteiger partial charge in [0.15, 0.2) is 0 Å². The van der Waals surface area contributed by atoms with Crippen molar-refractivity contribution < 1.29 is 4.74 Å². The van der Waals surface area contributed by atoms with Crippen LogP contribution in [0.3, 0.4) is 0 Å². The summed E-state index contributed by atoms with van der Waals surface area (Å²) in [6.07, 6.45) is 1.76. The van der Waals surface area contributed by atoms with Gasteiger partial charge in [-0.3, -0.25) is 0 Å². The van der Waals surface area contributed by atoms with Crippen molar-refractivity contribution in [2.75, 3.05) is 11.0 Å². The fourth-order valence-electron chi connectivity index (χ4n) is 1.18. The van der Waals surface area contributed by atoms with Crippen LogP contribution in [-0.2, 0) is 4.74 Å². The van der Waals surface area contributed by atoms with Gasteiger partial charge in [0.2, 0.25) is 0 Å². The first kappa shape index (κ1) is 7.79. The minimum absolute atomic E-state index is 0.440. The number of ether oxygens (including phenoxy) is 1. The summed E-state index contributed by atoms with van der Waals surface area (Å²) in [6.45, 7) is 5.47. The first-order chi connectivity index (χ1) is 4.14. The molecule has 0 radical (unpaired) electrons. The maximum atomic E-state index is 5.51. The second-order valence-electron chi connectivity index (χ2n) is 3.46. The van der Waals surface area contributed by atoms with Gasteiger partial charge in [-0.25, -0.2) is 0 Å². The minimum atomic E-state index is 0.440. The first-order valence-electron chi connectivity index (χ1n) is 3.32. The Morgan fingerprint density at radius 3 is 2.56 bits per heavy atom. The van der Waals surface area contributed by atoms with Gasteiger partial charge in [-0.15, -0.1) is 0 Å². The van der Waals surface area contributed by atoms with E-state index in [9.17, 15) is 0 Å². The van der Waals surface area contributed by atoms with Crippen molar-refractivity contribution in [3.8, 4) is 0 Å². The molecule has 0 spiro atoms. The Morgan fingerprint density at radius 1 is 1.67 bits per heavy atom. The highest BCUT2D eigenvalue weighted by Crippen LogP contribution is 2.31. The number of halogens is 1. The molecule has 0 bridgehead atoms. The van der Waals surface area contributed by atoms with E-state index in [1.807, 2.05) is 0 Å². The van der Waals surface area contributed by atoms with Gasteiger partial charge >= 0.3 is 0 Å². The minimum Gasteiger partial charge on any atom is -0.377 e. The Hall–Kier alpha value is 0.690. The zero-order chi connectivity index (χ0) is 6.91. The van der Waals surface area contributed by atoms with E-state index in [-0.39, 0.29) is 0 Å². The summed E-state index contributed by atoms with van der Waals surface area (Å²) >= 11 is 2.38. The summed E-state index contributed by atoms with van der Waals surface area (Å²) in [5.74, 6) is 0. The Morgan fingerprint density at radius 2 is 2.33 bits per heavy atom. The second kappa shape index (κ2) is 2.74. The van der Waals surface area contributed by atoms with Gasteiger partial charge in [0.1, 0.15) is 0 Å². The number of hydrogen-bond donors (Lipinski definition) is 0. The van der Waals surface area contributed by atoms with E-state index in [1.165, 1.54) is 6.42 Å². The predicted octanol–water partition coefficient (Wildman–Crippen LogP) is 2.24. The van der Waals surface area contributed by atoms with Crippen LogP contribution in [0.5, 0.6) is 0 Å². The number of alkyl halides is 1. The van der Waals surface area contributed by atoms with Crippen molar-refractivity contribution in [2.45, 2.75) is 26.4 Å². The topological polar surface area (TPSA) is 9.23 Å². The molecule has 0 aromatic rings. The summed E-state index contributed by atoms with van der Waals surface area (Å²) in [5.41, 5.74) is 0.440. The molecule has 0 aromatic carbocycles. The average Bonchev–Trinajstić information content (AvgIpc) is 2.10. The number of rotatable bonds is 1. The molecule has 0 saturated carbocycles. The molecule has 9 heavy (non-hydrogen) atoms. The van der Waals surface area contributed by atoms with Crippen molar-refractivity contribution in [2.24, 2.45) is 5.41 Å². The van der Waals surface area contributed by atoms with Crippen LogP contribution in [0.15, 0.2) is 0 Å². The van der Waals surface area contributed by atoms with Gasteiger partial charge < -0.3 is 4.74 Å². The normalized spacial score (nSPS) is 33.0. The smallest absolute Gasteiger partial charge is 0.0670 e. The van der Waals surface area contributed by atoms with Crippen molar-refractivity contribution >= 4 is 22.6 Å². The van der Waals surface area contributed by atoms with Crippen LogP contribution in [-0.4, -0.2) is 17.1 Å². The van der Waals surface area contributed by atoms with Crippen LogP contribution in [0, 0.1) is 5.41 Å². The zero-order valence-corrected chi connectivity index (χ0v) is 8.14. The molecular formula is C7H13IO. The third kappa shape index (κ3) is 2.08. The van der Waals surface area contributed by atoms with Gasteiger partial charge in [-0.05, 0) is 11.8 Å². The molecular weight excluding hydrogens is 227 g/mol. The lowest BCUT2D eigenvalue weighted by molar-refractivity contribution is 0.116. The molecule has 1 heterocycles. The van der Waals surface area contributed by atoms with Gasteiger partial charge in [-0.1, -0.05) is 36.4 Å². The van der Waals surface area contributed by atoms with Gasteiger partial charge in [0.25, 0.3) is 0 Å². The van der Waals surface area contributed by atoms with Crippen LogP contribution in [0.2, 0.25) is 0 Å². The molecule has 0 N–H and O–H groups in total. The highest BCUT2D eigenvalue weighted by Gasteiger charge is 2.30. The van der Waals surface area contributed by atoms with Crippen LogP contribution in [0.25, 0.3) is 0 Å². The van der Waals surface area contributed by atoms with Crippen LogP contribution in [0.1, 0.15) is 20.3 Å². The van der Waals surface area contributed by atoms with E-state index in [0.29, 0.717) is 11.5 Å². The Balaban J connectivity index is 2.38. The van der Waals surface area contributed by atoms with E-state index in [2.05, 4.69) is 36.4 Å². The molecule has 1 nitrogen and oxygen atoms in total. The maximum Gasteiger partial charge on any atom is 0.0670 e. The van der Waals surface area contributed by atoms with Crippen LogP contribution in [0.4, 0.5) is 0 Å². The third-order valence-corrected chi connectivity index (χ3v) is 2.64. The standard InChI is InChI=1S/C7H13IO/c1-7(2)3-6(4-8)9-5-7/h6H,3-5H2,1-2H3/t6-/m1/s1. The van der Waals surface area contributed by atoms with E-state index < -0.39 is 0 Å². The van der Waals surface area contributed by atoms with Crippen molar-refractivity contribution in [1.29, 1.82) is 0 Å². The van der Waals surface area contributed by atoms with E-state index in [1.54, 1.807) is 0 Å². The van der Waals surface area contributed by atoms with Gasteiger partial charge in [0.05, 0.1) is 12.7 Å². The molecule has 0 amide bonds. The molecule has 0 unspecified atom stereocenters. The van der Waals surface area contributed by atoms with Gasteiger partial charge in [0, 0.05) is 4.43 Å². The molecule has 2 heteroatoms.